The summed E-state index contributed by atoms with van der Waals surface area (Å²) in [6.07, 6.45) is -0.684. The van der Waals surface area contributed by atoms with Crippen LogP contribution >= 0.6 is 11.6 Å². The summed E-state index contributed by atoms with van der Waals surface area (Å²) in [6.45, 7) is 4.52. The van der Waals surface area contributed by atoms with E-state index in [-0.39, 0.29) is 18.6 Å². The van der Waals surface area contributed by atoms with Crippen molar-refractivity contribution in [2.24, 2.45) is 0 Å². The Bertz CT molecular complexity index is 974. The maximum Gasteiger partial charge on any atom is 0.259 e. The number of nitrogens with one attached hydrogen (secondary N) is 2. The van der Waals surface area contributed by atoms with Gasteiger partial charge >= 0.3 is 0 Å². The summed E-state index contributed by atoms with van der Waals surface area (Å²) in [4.78, 5) is 12.9. The van der Waals surface area contributed by atoms with Crippen LogP contribution < -0.4 is 15.4 Å². The molecule has 0 aliphatic heterocycles. The number of aliphatic hydroxyl groups is 1. The molecule has 3 aromatic carbocycles. The lowest BCUT2D eigenvalue weighted by Gasteiger charge is -2.17. The molecule has 0 heterocycles. The van der Waals surface area contributed by atoms with Crippen molar-refractivity contribution in [3.05, 3.63) is 71.2 Å². The van der Waals surface area contributed by atoms with Gasteiger partial charge < -0.3 is 20.5 Å². The molecule has 0 radical (unpaired) electrons. The lowest BCUT2D eigenvalue weighted by molar-refractivity contribution is 0.0975. The van der Waals surface area contributed by atoms with Crippen LogP contribution in [0.5, 0.6) is 5.75 Å². The lowest BCUT2D eigenvalue weighted by Crippen LogP contribution is -2.35. The molecule has 152 valence electrons. The number of ether oxygens (including phenoxy) is 1. The van der Waals surface area contributed by atoms with Crippen LogP contribution in [0.2, 0.25) is 5.02 Å². The average molecular weight is 413 g/mol. The molecule has 5 nitrogen and oxygen atoms in total. The van der Waals surface area contributed by atoms with Crippen molar-refractivity contribution in [1.82, 2.24) is 5.32 Å². The maximum atomic E-state index is 12.9. The van der Waals surface area contributed by atoms with Crippen LogP contribution in [0.15, 0.2) is 60.7 Å². The van der Waals surface area contributed by atoms with E-state index in [9.17, 15) is 9.90 Å². The van der Waals surface area contributed by atoms with Crippen LogP contribution in [0.1, 0.15) is 24.2 Å². The summed E-state index contributed by atoms with van der Waals surface area (Å²) in [5.41, 5.74) is 1.04. The molecule has 0 saturated heterocycles. The second kappa shape index (κ2) is 9.74. The smallest absolute Gasteiger partial charge is 0.259 e. The van der Waals surface area contributed by atoms with Gasteiger partial charge in [0.25, 0.3) is 5.91 Å². The topological polar surface area (TPSA) is 70.6 Å². The average Bonchev–Trinajstić information content (AvgIpc) is 2.71. The minimum atomic E-state index is -0.684. The fourth-order valence-corrected chi connectivity index (χ4v) is 2.99. The highest BCUT2D eigenvalue weighted by molar-refractivity contribution is 6.30. The molecule has 0 spiro atoms. The number of benzene rings is 3. The predicted molar refractivity (Wildman–Crippen MR) is 118 cm³/mol. The van der Waals surface area contributed by atoms with Crippen molar-refractivity contribution in [3.8, 4) is 5.75 Å². The van der Waals surface area contributed by atoms with Gasteiger partial charge in [0.15, 0.2) is 0 Å². The molecular weight excluding hydrogens is 388 g/mol. The number of amides is 1. The van der Waals surface area contributed by atoms with E-state index in [4.69, 9.17) is 16.3 Å². The van der Waals surface area contributed by atoms with E-state index in [1.54, 1.807) is 30.3 Å². The van der Waals surface area contributed by atoms with Crippen LogP contribution in [0.4, 0.5) is 5.69 Å². The Morgan fingerprint density at radius 1 is 1.07 bits per heavy atom. The molecule has 0 fully saturated rings. The Morgan fingerprint density at radius 3 is 2.38 bits per heavy atom. The summed E-state index contributed by atoms with van der Waals surface area (Å²) in [6, 6.07) is 18.6. The van der Waals surface area contributed by atoms with Crippen LogP contribution in [0, 0.1) is 0 Å². The number of carbonyl (C=O) groups is 1. The Labute approximate surface area is 175 Å². The highest BCUT2D eigenvalue weighted by atomic mass is 35.5. The number of carbonyl (C=O) groups excluding carboxylic acids is 1. The van der Waals surface area contributed by atoms with Gasteiger partial charge in [-0.2, -0.15) is 0 Å². The van der Waals surface area contributed by atoms with Crippen LogP contribution in [0.3, 0.4) is 0 Å². The first kappa shape index (κ1) is 21.1. The maximum absolute atomic E-state index is 12.9. The molecule has 0 bridgehead atoms. The molecule has 0 saturated carbocycles. The quantitative estimate of drug-likeness (QED) is 0.510. The van der Waals surface area contributed by atoms with Gasteiger partial charge in [0.1, 0.15) is 18.5 Å². The second-order valence-corrected chi connectivity index (χ2v) is 7.62. The minimum Gasteiger partial charge on any atom is -0.490 e. The largest absolute Gasteiger partial charge is 0.490 e. The van der Waals surface area contributed by atoms with Crippen molar-refractivity contribution in [2.75, 3.05) is 18.5 Å². The summed E-state index contributed by atoms with van der Waals surface area (Å²) < 4.78 is 5.85. The van der Waals surface area contributed by atoms with Gasteiger partial charge in [-0.1, -0.05) is 49.7 Å². The third-order valence-corrected chi connectivity index (χ3v) is 4.64. The lowest BCUT2D eigenvalue weighted by atomic mass is 10.1. The SMILES string of the molecule is CC(C)NCC(O)COc1cc2ccccc2cc1C(=O)Nc1ccc(Cl)cc1. The van der Waals surface area contributed by atoms with E-state index in [1.807, 2.05) is 44.2 Å². The molecule has 3 rings (SSSR count). The number of fused-ring (bicyclic) bond motifs is 1. The monoisotopic (exact) mass is 412 g/mol. The molecule has 1 amide bonds. The van der Waals surface area contributed by atoms with Gasteiger partial charge in [-0.15, -0.1) is 0 Å². The molecule has 29 heavy (non-hydrogen) atoms. The van der Waals surface area contributed by atoms with E-state index in [0.717, 1.165) is 10.8 Å². The first-order valence-corrected chi connectivity index (χ1v) is 9.94. The third-order valence-electron chi connectivity index (χ3n) is 4.39. The van der Waals surface area contributed by atoms with E-state index in [1.165, 1.54) is 0 Å². The summed E-state index contributed by atoms with van der Waals surface area (Å²) >= 11 is 5.91. The fraction of sp³-hybridized carbons (Fsp3) is 0.261. The molecule has 3 aromatic rings. The predicted octanol–water partition coefficient (Wildman–Crippen LogP) is 4.48. The zero-order valence-electron chi connectivity index (χ0n) is 16.5. The summed E-state index contributed by atoms with van der Waals surface area (Å²) in [5, 5.41) is 18.7. The number of anilines is 1. The fourth-order valence-electron chi connectivity index (χ4n) is 2.86. The molecule has 0 aliphatic carbocycles. The summed E-state index contributed by atoms with van der Waals surface area (Å²) in [7, 11) is 0. The van der Waals surface area contributed by atoms with Crippen molar-refractivity contribution in [2.45, 2.75) is 26.0 Å². The molecule has 1 atom stereocenters. The van der Waals surface area contributed by atoms with Gasteiger partial charge in [0.2, 0.25) is 0 Å². The number of halogens is 1. The Kier molecular flexibility index (Phi) is 7.09. The molecule has 1 unspecified atom stereocenters. The number of rotatable bonds is 8. The molecule has 3 N–H and O–H groups in total. The third kappa shape index (κ3) is 5.94. The van der Waals surface area contributed by atoms with E-state index in [2.05, 4.69) is 10.6 Å². The highest BCUT2D eigenvalue weighted by Gasteiger charge is 2.16. The van der Waals surface area contributed by atoms with Gasteiger partial charge in [-0.25, -0.2) is 0 Å². The number of hydrogen-bond donors (Lipinski definition) is 3. The van der Waals surface area contributed by atoms with E-state index >= 15 is 0 Å². The van der Waals surface area contributed by atoms with Gasteiger partial charge in [-0.05, 0) is 47.2 Å². The van der Waals surface area contributed by atoms with Crippen molar-refractivity contribution in [3.63, 3.8) is 0 Å². The molecular formula is C23H25ClN2O3. The Hall–Kier alpha value is -2.60. The first-order chi connectivity index (χ1) is 13.9. The minimum absolute atomic E-state index is 0.0826. The van der Waals surface area contributed by atoms with Crippen molar-refractivity contribution in [1.29, 1.82) is 0 Å². The van der Waals surface area contributed by atoms with Gasteiger partial charge in [-0.3, -0.25) is 4.79 Å². The van der Waals surface area contributed by atoms with E-state index in [0.29, 0.717) is 28.6 Å². The van der Waals surface area contributed by atoms with Crippen molar-refractivity contribution < 1.29 is 14.6 Å². The van der Waals surface area contributed by atoms with Gasteiger partial charge in [0.05, 0.1) is 5.56 Å². The zero-order valence-corrected chi connectivity index (χ0v) is 17.2. The van der Waals surface area contributed by atoms with Crippen LogP contribution in [0.25, 0.3) is 10.8 Å². The van der Waals surface area contributed by atoms with E-state index < -0.39 is 6.10 Å². The zero-order chi connectivity index (χ0) is 20.8. The standard InChI is InChI=1S/C23H25ClN2O3/c1-15(2)25-13-20(27)14-29-22-12-17-6-4-3-5-16(17)11-21(22)23(28)26-19-9-7-18(24)8-10-19/h3-12,15,20,25,27H,13-14H2,1-2H3,(H,26,28). The number of hydrogen-bond acceptors (Lipinski definition) is 4. The normalized spacial score (nSPS) is 12.2. The summed E-state index contributed by atoms with van der Waals surface area (Å²) in [5.74, 6) is 0.140. The molecule has 0 aromatic heterocycles. The molecule has 6 heteroatoms. The number of aliphatic hydroxyl groups excluding tert-OH is 1. The second-order valence-electron chi connectivity index (χ2n) is 7.18. The van der Waals surface area contributed by atoms with Crippen LogP contribution in [-0.2, 0) is 0 Å². The Balaban J connectivity index is 1.82. The molecule has 0 aliphatic rings. The Morgan fingerprint density at radius 2 is 1.72 bits per heavy atom. The first-order valence-electron chi connectivity index (χ1n) is 9.56. The van der Waals surface area contributed by atoms with Crippen molar-refractivity contribution >= 4 is 34.0 Å². The van der Waals surface area contributed by atoms with Gasteiger partial charge in [0, 0.05) is 23.3 Å². The van der Waals surface area contributed by atoms with Crippen LogP contribution in [-0.4, -0.2) is 36.3 Å². The highest BCUT2D eigenvalue weighted by Crippen LogP contribution is 2.27.